The summed E-state index contributed by atoms with van der Waals surface area (Å²) in [5.41, 5.74) is -0.664. The molecule has 2 nitrogen and oxygen atoms in total. The van der Waals surface area contributed by atoms with Gasteiger partial charge in [-0.3, -0.25) is 4.79 Å². The van der Waals surface area contributed by atoms with E-state index in [1.54, 1.807) is 0 Å². The normalized spacial score (nSPS) is 11.2. The van der Waals surface area contributed by atoms with Gasteiger partial charge in [0.1, 0.15) is 0 Å². The fourth-order valence-corrected chi connectivity index (χ4v) is 0.997. The van der Waals surface area contributed by atoms with E-state index in [1.165, 1.54) is 12.1 Å². The molecule has 0 spiro atoms. The molecule has 0 aliphatic rings. The number of hydrogen-bond acceptors (Lipinski definition) is 1. The highest BCUT2D eigenvalue weighted by atomic mass is 19.4. The highest BCUT2D eigenvalue weighted by Gasteiger charge is 2.30. The van der Waals surface area contributed by atoms with Crippen LogP contribution < -0.4 is 5.32 Å². The summed E-state index contributed by atoms with van der Waals surface area (Å²) in [6, 6.07) is 4.46. The van der Waals surface area contributed by atoms with Gasteiger partial charge in [0, 0.05) is 12.1 Å². The van der Waals surface area contributed by atoms with E-state index in [1.807, 2.05) is 0 Å². The van der Waals surface area contributed by atoms with E-state index in [-0.39, 0.29) is 12.1 Å². The fraction of sp³-hybridized carbons (Fsp3) is 0.200. The molecule has 0 aliphatic carbocycles. The molecule has 1 aromatic carbocycles. The lowest BCUT2D eigenvalue weighted by atomic mass is 10.2. The summed E-state index contributed by atoms with van der Waals surface area (Å²) in [7, 11) is 0. The van der Waals surface area contributed by atoms with Crippen LogP contribution in [0.4, 0.5) is 18.9 Å². The third kappa shape index (κ3) is 3.27. The second-order valence-corrected chi connectivity index (χ2v) is 2.88. The molecular formula is C10H9F3NO. The highest BCUT2D eigenvalue weighted by Crippen LogP contribution is 2.30. The Morgan fingerprint density at radius 1 is 1.40 bits per heavy atom. The first-order valence-corrected chi connectivity index (χ1v) is 4.20. The predicted octanol–water partition coefficient (Wildman–Crippen LogP) is 2.87. The monoisotopic (exact) mass is 216 g/mol. The number of carbonyl (C=O) groups excluding carboxylic acids is 1. The first-order chi connectivity index (χ1) is 6.93. The van der Waals surface area contributed by atoms with Crippen LogP contribution in [0.25, 0.3) is 0 Å². The van der Waals surface area contributed by atoms with Crippen molar-refractivity contribution in [2.45, 2.75) is 12.6 Å². The van der Waals surface area contributed by atoms with Crippen LogP contribution in [0.1, 0.15) is 12.0 Å². The second kappa shape index (κ2) is 4.33. The SMILES string of the molecule is [CH2]CC(=O)Nc1cccc(C(F)(F)F)c1. The van der Waals surface area contributed by atoms with Crippen molar-refractivity contribution in [2.24, 2.45) is 0 Å². The maximum atomic E-state index is 12.3. The standard InChI is InChI=1S/C10H9F3NO/c1-2-9(15)14-8-5-3-4-7(6-8)10(11,12)13/h3-6H,1-2H2,(H,14,15). The number of halogens is 3. The van der Waals surface area contributed by atoms with E-state index in [0.29, 0.717) is 0 Å². The molecule has 15 heavy (non-hydrogen) atoms. The molecule has 1 radical (unpaired) electrons. The van der Waals surface area contributed by atoms with Gasteiger partial charge in [-0.05, 0) is 25.1 Å². The summed E-state index contributed by atoms with van der Waals surface area (Å²) in [6.45, 7) is 3.32. The third-order valence-electron chi connectivity index (χ3n) is 1.70. The van der Waals surface area contributed by atoms with Gasteiger partial charge < -0.3 is 5.32 Å². The fourth-order valence-electron chi connectivity index (χ4n) is 0.997. The number of carbonyl (C=O) groups is 1. The molecule has 0 heterocycles. The van der Waals surface area contributed by atoms with Crippen molar-refractivity contribution in [1.29, 1.82) is 0 Å². The van der Waals surface area contributed by atoms with Crippen LogP contribution in [0.5, 0.6) is 0 Å². The maximum Gasteiger partial charge on any atom is 0.416 e. The molecule has 0 bridgehead atoms. The van der Waals surface area contributed by atoms with Gasteiger partial charge in [-0.1, -0.05) is 6.07 Å². The summed E-state index contributed by atoms with van der Waals surface area (Å²) >= 11 is 0. The van der Waals surface area contributed by atoms with Gasteiger partial charge in [0.25, 0.3) is 0 Å². The van der Waals surface area contributed by atoms with Crippen LogP contribution in [-0.2, 0) is 11.0 Å². The van der Waals surface area contributed by atoms with E-state index in [4.69, 9.17) is 0 Å². The van der Waals surface area contributed by atoms with Gasteiger partial charge >= 0.3 is 6.18 Å². The van der Waals surface area contributed by atoms with Crippen LogP contribution in [0.2, 0.25) is 0 Å². The Morgan fingerprint density at radius 3 is 2.60 bits per heavy atom. The van der Waals surface area contributed by atoms with Gasteiger partial charge in [-0.15, -0.1) is 0 Å². The van der Waals surface area contributed by atoms with E-state index in [2.05, 4.69) is 12.2 Å². The topological polar surface area (TPSA) is 29.1 Å². The van der Waals surface area contributed by atoms with Gasteiger partial charge in [0.05, 0.1) is 5.56 Å². The number of anilines is 1. The molecule has 1 N–H and O–H groups in total. The number of rotatable bonds is 2. The Morgan fingerprint density at radius 2 is 2.07 bits per heavy atom. The predicted molar refractivity (Wildman–Crippen MR) is 50.0 cm³/mol. The Kier molecular flexibility index (Phi) is 3.34. The molecule has 1 rings (SSSR count). The summed E-state index contributed by atoms with van der Waals surface area (Å²) in [6.07, 6.45) is -4.42. The van der Waals surface area contributed by atoms with Crippen LogP contribution in [-0.4, -0.2) is 5.91 Å². The maximum absolute atomic E-state index is 12.3. The minimum absolute atomic E-state index is 0.0176. The smallest absolute Gasteiger partial charge is 0.326 e. The van der Waals surface area contributed by atoms with Crippen molar-refractivity contribution >= 4 is 11.6 Å². The van der Waals surface area contributed by atoms with Crippen LogP contribution in [0.15, 0.2) is 24.3 Å². The van der Waals surface area contributed by atoms with Crippen molar-refractivity contribution in [3.05, 3.63) is 36.8 Å². The lowest BCUT2D eigenvalue weighted by Gasteiger charge is -2.09. The highest BCUT2D eigenvalue weighted by molar-refractivity contribution is 5.91. The lowest BCUT2D eigenvalue weighted by Crippen LogP contribution is -2.11. The van der Waals surface area contributed by atoms with Gasteiger partial charge in [0.2, 0.25) is 5.91 Å². The Balaban J connectivity index is 2.88. The molecular weight excluding hydrogens is 207 g/mol. The Labute approximate surface area is 85.1 Å². The third-order valence-corrected chi connectivity index (χ3v) is 1.70. The number of hydrogen-bond donors (Lipinski definition) is 1. The van der Waals surface area contributed by atoms with Crippen LogP contribution in [0, 0.1) is 6.92 Å². The van der Waals surface area contributed by atoms with E-state index in [9.17, 15) is 18.0 Å². The zero-order chi connectivity index (χ0) is 11.5. The van der Waals surface area contributed by atoms with Gasteiger partial charge in [0.15, 0.2) is 0 Å². The second-order valence-electron chi connectivity index (χ2n) is 2.88. The summed E-state index contributed by atoms with van der Waals surface area (Å²) in [4.78, 5) is 10.9. The van der Waals surface area contributed by atoms with Crippen molar-refractivity contribution in [3.63, 3.8) is 0 Å². The minimum atomic E-state index is -4.40. The van der Waals surface area contributed by atoms with Crippen molar-refractivity contribution in [3.8, 4) is 0 Å². The first kappa shape index (κ1) is 11.6. The molecule has 0 saturated carbocycles. The Bertz CT molecular complexity index is 360. The molecule has 1 amide bonds. The average Bonchev–Trinajstić information content (AvgIpc) is 2.17. The molecule has 0 atom stereocenters. The molecule has 0 saturated heterocycles. The molecule has 5 heteroatoms. The van der Waals surface area contributed by atoms with Crippen LogP contribution in [0.3, 0.4) is 0 Å². The van der Waals surface area contributed by atoms with Crippen molar-refractivity contribution in [2.75, 3.05) is 5.32 Å². The van der Waals surface area contributed by atoms with Gasteiger partial charge in [-0.25, -0.2) is 0 Å². The number of nitrogens with one attached hydrogen (secondary N) is 1. The number of benzene rings is 1. The number of amides is 1. The first-order valence-electron chi connectivity index (χ1n) is 4.20. The zero-order valence-electron chi connectivity index (χ0n) is 7.77. The van der Waals surface area contributed by atoms with E-state index >= 15 is 0 Å². The largest absolute Gasteiger partial charge is 0.416 e. The van der Waals surface area contributed by atoms with Crippen molar-refractivity contribution in [1.82, 2.24) is 0 Å². The van der Waals surface area contributed by atoms with E-state index in [0.717, 1.165) is 12.1 Å². The zero-order valence-corrected chi connectivity index (χ0v) is 7.77. The molecule has 1 aromatic rings. The number of alkyl halides is 3. The summed E-state index contributed by atoms with van der Waals surface area (Å²) in [5.74, 6) is -0.422. The Hall–Kier alpha value is -1.52. The van der Waals surface area contributed by atoms with Crippen LogP contribution >= 0.6 is 0 Å². The van der Waals surface area contributed by atoms with Gasteiger partial charge in [-0.2, -0.15) is 13.2 Å². The molecule has 0 aromatic heterocycles. The lowest BCUT2D eigenvalue weighted by molar-refractivity contribution is -0.137. The molecule has 81 valence electrons. The van der Waals surface area contributed by atoms with E-state index < -0.39 is 17.6 Å². The minimum Gasteiger partial charge on any atom is -0.326 e. The van der Waals surface area contributed by atoms with Crippen molar-refractivity contribution < 1.29 is 18.0 Å². The quantitative estimate of drug-likeness (QED) is 0.809. The summed E-state index contributed by atoms with van der Waals surface area (Å²) in [5, 5.41) is 2.30. The average molecular weight is 216 g/mol. The molecule has 0 fully saturated rings. The summed E-state index contributed by atoms with van der Waals surface area (Å²) < 4.78 is 36.8. The molecule has 0 unspecified atom stereocenters. The molecule has 0 aliphatic heterocycles.